The molecule has 1 rings (SSSR count). The predicted octanol–water partition coefficient (Wildman–Crippen LogP) is 2.91. The largest absolute Gasteiger partial charge is 0.318 e. The number of nitrogens with two attached hydrogens (primary N) is 1. The highest BCUT2D eigenvalue weighted by Gasteiger charge is 2.15. The molecular weight excluding hydrogens is 238 g/mol. The van der Waals surface area contributed by atoms with Crippen LogP contribution in [0.15, 0.2) is 18.2 Å². The predicted molar refractivity (Wildman–Crippen MR) is 72.0 cm³/mol. The number of nitrogen functional groups attached to an aromatic ring is 1. The Hall–Kier alpha value is -1.27. The minimum atomic E-state index is -0.449. The first-order chi connectivity index (χ1) is 7.83. The number of hydrazine groups is 1. The van der Waals surface area contributed by atoms with Crippen LogP contribution in [0.25, 0.3) is 0 Å². The van der Waals surface area contributed by atoms with Crippen molar-refractivity contribution >= 4 is 23.1 Å². The second kappa shape index (κ2) is 5.37. The van der Waals surface area contributed by atoms with Crippen LogP contribution in [-0.4, -0.2) is 9.67 Å². The fourth-order valence-electron chi connectivity index (χ4n) is 1.25. The van der Waals surface area contributed by atoms with Crippen LogP contribution in [0.5, 0.6) is 0 Å². The molecule has 0 atom stereocenters. The monoisotopic (exact) mass is 255 g/mol. The van der Waals surface area contributed by atoms with Crippen molar-refractivity contribution in [1.29, 1.82) is 0 Å². The smallest absolute Gasteiger partial charge is 0.293 e. The molecule has 94 valence electrons. The summed E-state index contributed by atoms with van der Waals surface area (Å²) in [6.07, 6.45) is 0. The van der Waals surface area contributed by atoms with Crippen LogP contribution >= 0.6 is 11.8 Å². The number of thioether (sulfide) groups is 1. The van der Waals surface area contributed by atoms with Gasteiger partial charge in [-0.3, -0.25) is 16.0 Å². The van der Waals surface area contributed by atoms with Gasteiger partial charge in [0.05, 0.1) is 4.92 Å². The lowest BCUT2D eigenvalue weighted by Gasteiger charge is -2.17. The van der Waals surface area contributed by atoms with Crippen molar-refractivity contribution in [2.24, 2.45) is 5.84 Å². The number of anilines is 1. The van der Waals surface area contributed by atoms with E-state index < -0.39 is 4.92 Å². The fourth-order valence-corrected chi connectivity index (χ4v) is 2.03. The topological polar surface area (TPSA) is 81.2 Å². The Bertz CT molecular complexity index is 416. The third kappa shape index (κ3) is 4.24. The summed E-state index contributed by atoms with van der Waals surface area (Å²) in [4.78, 5) is 10.3. The van der Waals surface area contributed by atoms with Crippen molar-refractivity contribution in [2.75, 3.05) is 5.43 Å². The molecule has 0 amide bonds. The molecule has 1 aromatic carbocycles. The minimum absolute atomic E-state index is 0.00277. The molecule has 5 nitrogen and oxygen atoms in total. The van der Waals surface area contributed by atoms with E-state index >= 15 is 0 Å². The average Bonchev–Trinajstić information content (AvgIpc) is 2.24. The van der Waals surface area contributed by atoms with Gasteiger partial charge in [0.2, 0.25) is 0 Å². The summed E-state index contributed by atoms with van der Waals surface area (Å²) in [7, 11) is 0. The van der Waals surface area contributed by atoms with Gasteiger partial charge in [0.15, 0.2) is 0 Å². The second-order valence-electron chi connectivity index (χ2n) is 4.65. The Balaban J connectivity index is 2.87. The summed E-state index contributed by atoms with van der Waals surface area (Å²) in [5.74, 6) is 6.08. The van der Waals surface area contributed by atoms with Gasteiger partial charge in [-0.2, -0.15) is 11.8 Å². The van der Waals surface area contributed by atoms with Gasteiger partial charge < -0.3 is 5.43 Å². The summed E-state index contributed by atoms with van der Waals surface area (Å²) in [5, 5.41) is 10.7. The number of rotatable bonds is 4. The molecule has 0 aliphatic rings. The molecule has 0 heterocycles. The van der Waals surface area contributed by atoms with Gasteiger partial charge in [0, 0.05) is 16.6 Å². The van der Waals surface area contributed by atoms with Crippen LogP contribution in [0.2, 0.25) is 0 Å². The molecule has 0 aromatic heterocycles. The van der Waals surface area contributed by atoms with Crippen molar-refractivity contribution < 1.29 is 4.92 Å². The van der Waals surface area contributed by atoms with Gasteiger partial charge in [-0.1, -0.05) is 26.8 Å². The zero-order chi connectivity index (χ0) is 13.1. The molecule has 1 aromatic rings. The van der Waals surface area contributed by atoms with Crippen LogP contribution in [0, 0.1) is 10.1 Å². The number of nitrogens with one attached hydrogen (secondary N) is 1. The van der Waals surface area contributed by atoms with E-state index in [4.69, 9.17) is 5.84 Å². The van der Waals surface area contributed by atoms with Crippen molar-refractivity contribution in [3.8, 4) is 0 Å². The van der Waals surface area contributed by atoms with Crippen molar-refractivity contribution in [3.05, 3.63) is 33.9 Å². The van der Waals surface area contributed by atoms with Crippen molar-refractivity contribution in [1.82, 2.24) is 0 Å². The lowest BCUT2D eigenvalue weighted by Crippen LogP contribution is -2.10. The average molecular weight is 255 g/mol. The van der Waals surface area contributed by atoms with E-state index in [1.165, 1.54) is 6.07 Å². The van der Waals surface area contributed by atoms with Crippen molar-refractivity contribution in [3.63, 3.8) is 0 Å². The third-order valence-electron chi connectivity index (χ3n) is 2.09. The molecule has 17 heavy (non-hydrogen) atoms. The Kier molecular flexibility index (Phi) is 4.36. The lowest BCUT2D eigenvalue weighted by atomic mass is 10.2. The van der Waals surface area contributed by atoms with Crippen molar-refractivity contribution in [2.45, 2.75) is 31.3 Å². The third-order valence-corrected chi connectivity index (χ3v) is 3.43. The second-order valence-corrected chi connectivity index (χ2v) is 6.46. The number of nitro groups is 1. The summed E-state index contributed by atoms with van der Waals surface area (Å²) in [5.41, 5.74) is 3.73. The molecule has 6 heteroatoms. The van der Waals surface area contributed by atoms with E-state index in [2.05, 4.69) is 26.2 Å². The fraction of sp³-hybridized carbons (Fsp3) is 0.455. The highest BCUT2D eigenvalue weighted by molar-refractivity contribution is 7.99. The molecule has 0 aliphatic heterocycles. The molecule has 0 radical (unpaired) electrons. The number of hydrogen-bond acceptors (Lipinski definition) is 5. The standard InChI is InChI=1S/C11H17N3O2S/c1-11(2,3)17-7-8-4-5-10(14(15)16)9(6-8)13-12/h4-6,13H,7,12H2,1-3H3. The van der Waals surface area contributed by atoms with Crippen LogP contribution in [0.4, 0.5) is 11.4 Å². The van der Waals surface area contributed by atoms with Gasteiger partial charge in [-0.05, 0) is 11.6 Å². The van der Waals surface area contributed by atoms with E-state index in [0.717, 1.165) is 11.3 Å². The van der Waals surface area contributed by atoms with Gasteiger partial charge >= 0.3 is 0 Å². The Morgan fingerprint density at radius 2 is 2.12 bits per heavy atom. The zero-order valence-corrected chi connectivity index (χ0v) is 11.0. The van der Waals surface area contributed by atoms with Gasteiger partial charge in [0.25, 0.3) is 5.69 Å². The molecule has 0 unspecified atom stereocenters. The van der Waals surface area contributed by atoms with Crippen LogP contribution in [0.3, 0.4) is 0 Å². The summed E-state index contributed by atoms with van der Waals surface area (Å²) < 4.78 is 0.165. The number of nitro benzene ring substituents is 1. The number of hydrogen-bond donors (Lipinski definition) is 2. The van der Waals surface area contributed by atoms with E-state index in [1.54, 1.807) is 23.9 Å². The highest BCUT2D eigenvalue weighted by Crippen LogP contribution is 2.30. The minimum Gasteiger partial charge on any atom is -0.318 e. The molecule has 0 spiro atoms. The van der Waals surface area contributed by atoms with Gasteiger partial charge in [-0.15, -0.1) is 0 Å². The van der Waals surface area contributed by atoms with Gasteiger partial charge in [0.1, 0.15) is 5.69 Å². The maximum absolute atomic E-state index is 10.7. The molecule has 0 saturated heterocycles. The van der Waals surface area contributed by atoms with Crippen LogP contribution in [0.1, 0.15) is 26.3 Å². The Morgan fingerprint density at radius 3 is 2.59 bits per heavy atom. The molecule has 0 aliphatic carbocycles. The first-order valence-corrected chi connectivity index (χ1v) is 6.20. The first-order valence-electron chi connectivity index (χ1n) is 5.21. The van der Waals surface area contributed by atoms with E-state index in [9.17, 15) is 10.1 Å². The zero-order valence-electron chi connectivity index (χ0n) is 10.2. The summed E-state index contributed by atoms with van der Waals surface area (Å²) in [6, 6.07) is 4.96. The normalized spacial score (nSPS) is 11.3. The van der Waals surface area contributed by atoms with Gasteiger partial charge in [-0.25, -0.2) is 0 Å². The maximum atomic E-state index is 10.7. The molecule has 3 N–H and O–H groups in total. The SMILES string of the molecule is CC(C)(C)SCc1ccc([N+](=O)[O-])c(NN)c1. The quantitative estimate of drug-likeness (QED) is 0.491. The number of benzene rings is 1. The molecule has 0 saturated carbocycles. The summed E-state index contributed by atoms with van der Waals surface area (Å²) in [6.45, 7) is 6.39. The highest BCUT2D eigenvalue weighted by atomic mass is 32.2. The first kappa shape index (κ1) is 13.8. The van der Waals surface area contributed by atoms with E-state index in [-0.39, 0.29) is 10.4 Å². The number of nitrogens with zero attached hydrogens (tertiary/aromatic N) is 1. The summed E-state index contributed by atoms with van der Waals surface area (Å²) >= 11 is 1.78. The molecule has 0 bridgehead atoms. The van der Waals surface area contributed by atoms with E-state index in [0.29, 0.717) is 5.69 Å². The van der Waals surface area contributed by atoms with E-state index in [1.807, 2.05) is 0 Å². The Labute approximate surface area is 105 Å². The maximum Gasteiger partial charge on any atom is 0.293 e. The molecule has 0 fully saturated rings. The Morgan fingerprint density at radius 1 is 1.47 bits per heavy atom. The van der Waals surface area contributed by atoms with Crippen LogP contribution < -0.4 is 11.3 Å². The van der Waals surface area contributed by atoms with Crippen LogP contribution in [-0.2, 0) is 5.75 Å². The molecular formula is C11H17N3O2S. The lowest BCUT2D eigenvalue weighted by molar-refractivity contribution is -0.384.